The number of hydrogen-bond donors (Lipinski definition) is 3. The number of aryl methyl sites for hydroxylation is 2. The number of amides is 4. The molecule has 51 heavy (non-hydrogen) atoms. The Kier molecular flexibility index (Phi) is 11.7. The molecule has 13 heteroatoms. The summed E-state index contributed by atoms with van der Waals surface area (Å²) in [6, 6.07) is 11.8. The van der Waals surface area contributed by atoms with Gasteiger partial charge in [0.2, 0.25) is 0 Å². The van der Waals surface area contributed by atoms with Crippen LogP contribution in [-0.2, 0) is 27.2 Å². The Hall–Kier alpha value is -4.36. The number of phenols is 1. The minimum Gasteiger partial charge on any atom is -0.507 e. The van der Waals surface area contributed by atoms with Crippen LogP contribution >= 0.6 is 0 Å². The van der Waals surface area contributed by atoms with Crippen molar-refractivity contribution in [1.29, 1.82) is 0 Å². The molecule has 13 nitrogen and oxygen atoms in total. The fourth-order valence-electron chi connectivity index (χ4n) is 8.12. The van der Waals surface area contributed by atoms with E-state index in [4.69, 9.17) is 9.84 Å². The highest BCUT2D eigenvalue weighted by atomic mass is 16.6. The summed E-state index contributed by atoms with van der Waals surface area (Å²) in [6.45, 7) is 9.94. The van der Waals surface area contributed by atoms with Crippen LogP contribution in [0.3, 0.4) is 0 Å². The number of carboxylic acids is 1. The third-order valence-electron chi connectivity index (χ3n) is 11.1. The average molecular weight is 705 g/mol. The van der Waals surface area contributed by atoms with E-state index in [1.54, 1.807) is 9.80 Å². The SMILES string of the molecule is Cc1cc(CC(OC(=O)N2CCC(N3CCc4ccccc4NC3=O)CC2)C(=O)N2CCN(C3CCN(CCC(=O)O)CC3)CC2)cc(C)c1O. The molecular formula is C38H52N6O7. The lowest BCUT2D eigenvalue weighted by Crippen LogP contribution is -2.56. The Morgan fingerprint density at radius 2 is 1.51 bits per heavy atom. The Morgan fingerprint density at radius 1 is 0.863 bits per heavy atom. The maximum absolute atomic E-state index is 14.1. The highest BCUT2D eigenvalue weighted by Gasteiger charge is 2.36. The van der Waals surface area contributed by atoms with E-state index < -0.39 is 18.2 Å². The molecule has 1 atom stereocenters. The molecule has 4 aliphatic rings. The minimum absolute atomic E-state index is 0.00277. The number of piperazine rings is 1. The topological polar surface area (TPSA) is 146 Å². The molecule has 276 valence electrons. The van der Waals surface area contributed by atoms with Gasteiger partial charge in [-0.1, -0.05) is 30.3 Å². The lowest BCUT2D eigenvalue weighted by Gasteiger charge is -2.43. The molecule has 0 saturated carbocycles. The first kappa shape index (κ1) is 36.4. The van der Waals surface area contributed by atoms with Gasteiger partial charge in [-0.15, -0.1) is 0 Å². The highest BCUT2D eigenvalue weighted by Crippen LogP contribution is 2.27. The molecule has 3 saturated heterocycles. The van der Waals surface area contributed by atoms with Crippen LogP contribution in [0.4, 0.5) is 15.3 Å². The molecule has 0 aliphatic carbocycles. The zero-order valence-electron chi connectivity index (χ0n) is 29.9. The van der Waals surface area contributed by atoms with Gasteiger partial charge in [-0.2, -0.15) is 0 Å². The standard InChI is InChI=1S/C38H52N6O7/c1-26-23-28(24-27(2)35(26)47)25-33(36(48)42-21-19-41(20-22-42)30-8-13-40(14-9-30)15-12-34(45)46)51-38(50)43-16-10-31(11-17-43)44-18-7-29-5-3-4-6-32(29)39-37(44)49/h3-6,23-24,30-31,33,47H,7-22,25H2,1-2H3,(H,39,49)(H,45,46). The number of carbonyl (C=O) groups is 4. The summed E-state index contributed by atoms with van der Waals surface area (Å²) in [4.78, 5) is 61.8. The van der Waals surface area contributed by atoms with Gasteiger partial charge in [-0.3, -0.25) is 14.5 Å². The van der Waals surface area contributed by atoms with Crippen molar-refractivity contribution in [3.8, 4) is 5.75 Å². The van der Waals surface area contributed by atoms with Gasteiger partial charge in [0, 0.05) is 76.5 Å². The average Bonchev–Trinajstić information content (AvgIpc) is 3.30. The van der Waals surface area contributed by atoms with Crippen LogP contribution in [0.25, 0.3) is 0 Å². The second-order valence-electron chi connectivity index (χ2n) is 14.5. The number of likely N-dealkylation sites (tertiary alicyclic amines) is 2. The van der Waals surface area contributed by atoms with E-state index in [1.807, 2.05) is 55.1 Å². The Labute approximate surface area is 300 Å². The van der Waals surface area contributed by atoms with Crippen LogP contribution in [0.15, 0.2) is 36.4 Å². The number of hydrogen-bond acceptors (Lipinski definition) is 8. The van der Waals surface area contributed by atoms with Gasteiger partial charge in [0.15, 0.2) is 6.10 Å². The van der Waals surface area contributed by atoms with E-state index in [1.165, 1.54) is 0 Å². The summed E-state index contributed by atoms with van der Waals surface area (Å²) >= 11 is 0. The van der Waals surface area contributed by atoms with Crippen molar-refractivity contribution in [2.75, 3.05) is 70.8 Å². The van der Waals surface area contributed by atoms with Crippen molar-refractivity contribution < 1.29 is 34.1 Å². The van der Waals surface area contributed by atoms with Crippen LogP contribution in [0, 0.1) is 13.8 Å². The number of para-hydroxylation sites is 1. The molecule has 4 amide bonds. The molecule has 0 aromatic heterocycles. The van der Waals surface area contributed by atoms with E-state index >= 15 is 0 Å². The maximum atomic E-state index is 14.1. The summed E-state index contributed by atoms with van der Waals surface area (Å²) in [5.41, 5.74) is 4.17. The smallest absolute Gasteiger partial charge is 0.410 e. The Balaban J connectivity index is 1.05. The number of piperidine rings is 2. The first-order chi connectivity index (χ1) is 24.5. The van der Waals surface area contributed by atoms with E-state index in [-0.39, 0.29) is 36.6 Å². The normalized spacial score (nSPS) is 20.4. The first-order valence-electron chi connectivity index (χ1n) is 18.4. The van der Waals surface area contributed by atoms with Crippen LogP contribution in [0.5, 0.6) is 5.75 Å². The van der Waals surface area contributed by atoms with Crippen LogP contribution in [-0.4, -0.2) is 142 Å². The van der Waals surface area contributed by atoms with E-state index in [9.17, 15) is 24.3 Å². The number of carboxylic acid groups (broad SMARTS) is 1. The monoisotopic (exact) mass is 704 g/mol. The molecule has 3 N–H and O–H groups in total. The number of aromatic hydroxyl groups is 1. The van der Waals surface area contributed by atoms with Gasteiger partial charge in [0.1, 0.15) is 5.75 Å². The molecule has 2 aromatic rings. The van der Waals surface area contributed by atoms with Crippen molar-refractivity contribution in [1.82, 2.24) is 24.5 Å². The number of carbonyl (C=O) groups excluding carboxylic acids is 3. The van der Waals surface area contributed by atoms with E-state index in [2.05, 4.69) is 15.1 Å². The van der Waals surface area contributed by atoms with Crippen LogP contribution < -0.4 is 5.32 Å². The van der Waals surface area contributed by atoms with Crippen LogP contribution in [0.2, 0.25) is 0 Å². The molecule has 0 bridgehead atoms. The lowest BCUT2D eigenvalue weighted by molar-refractivity contribution is -0.143. The molecule has 4 aliphatic heterocycles. The summed E-state index contributed by atoms with van der Waals surface area (Å²) in [5.74, 6) is -0.773. The number of ether oxygens (including phenoxy) is 1. The fourth-order valence-corrected chi connectivity index (χ4v) is 8.12. The second kappa shape index (κ2) is 16.3. The van der Waals surface area contributed by atoms with Crippen molar-refractivity contribution in [3.63, 3.8) is 0 Å². The fraction of sp³-hybridized carbons (Fsp3) is 0.579. The predicted molar refractivity (Wildman–Crippen MR) is 192 cm³/mol. The van der Waals surface area contributed by atoms with E-state index in [0.29, 0.717) is 69.3 Å². The second-order valence-corrected chi connectivity index (χ2v) is 14.5. The Morgan fingerprint density at radius 3 is 2.18 bits per heavy atom. The van der Waals surface area contributed by atoms with Gasteiger partial charge in [-0.05, 0) is 87.4 Å². The number of benzene rings is 2. The number of phenolic OH excluding ortho intramolecular Hbond substituents is 1. The van der Waals surface area contributed by atoms with Gasteiger partial charge in [0.05, 0.1) is 6.42 Å². The quantitative estimate of drug-likeness (QED) is 0.356. The predicted octanol–water partition coefficient (Wildman–Crippen LogP) is 3.69. The van der Waals surface area contributed by atoms with Gasteiger partial charge in [0.25, 0.3) is 5.91 Å². The molecule has 6 rings (SSSR count). The molecule has 2 aromatic carbocycles. The summed E-state index contributed by atoms with van der Waals surface area (Å²) in [6.07, 6.45) is 2.76. The number of urea groups is 1. The molecule has 3 fully saturated rings. The molecular weight excluding hydrogens is 652 g/mol. The van der Waals surface area contributed by atoms with Crippen molar-refractivity contribution in [3.05, 3.63) is 58.7 Å². The molecule has 1 unspecified atom stereocenters. The van der Waals surface area contributed by atoms with Crippen LogP contribution in [0.1, 0.15) is 54.4 Å². The zero-order valence-corrected chi connectivity index (χ0v) is 29.9. The van der Waals surface area contributed by atoms with Gasteiger partial charge >= 0.3 is 18.1 Å². The highest BCUT2D eigenvalue weighted by molar-refractivity contribution is 5.91. The number of nitrogens with zero attached hydrogens (tertiary/aromatic N) is 5. The van der Waals surface area contributed by atoms with Crippen molar-refractivity contribution in [2.45, 2.75) is 77.0 Å². The summed E-state index contributed by atoms with van der Waals surface area (Å²) < 4.78 is 6.06. The van der Waals surface area contributed by atoms with Gasteiger partial charge < -0.3 is 39.9 Å². The number of nitrogens with one attached hydrogen (secondary N) is 1. The lowest BCUT2D eigenvalue weighted by atomic mass is 10.00. The molecule has 0 spiro atoms. The third-order valence-corrected chi connectivity index (χ3v) is 11.1. The molecule has 4 heterocycles. The number of fused-ring (bicyclic) bond motifs is 1. The zero-order chi connectivity index (χ0) is 36.1. The summed E-state index contributed by atoms with van der Waals surface area (Å²) in [5, 5.41) is 22.4. The Bertz CT molecular complexity index is 1560. The number of rotatable bonds is 9. The number of aliphatic carboxylic acids is 1. The first-order valence-corrected chi connectivity index (χ1v) is 18.4. The molecule has 0 radical (unpaired) electrons. The van der Waals surface area contributed by atoms with Crippen molar-refractivity contribution in [2.24, 2.45) is 0 Å². The van der Waals surface area contributed by atoms with Crippen molar-refractivity contribution >= 4 is 29.7 Å². The summed E-state index contributed by atoms with van der Waals surface area (Å²) in [7, 11) is 0. The largest absolute Gasteiger partial charge is 0.507 e. The van der Waals surface area contributed by atoms with Gasteiger partial charge in [-0.25, -0.2) is 9.59 Å². The minimum atomic E-state index is -1.02. The number of anilines is 1. The third kappa shape index (κ3) is 8.93. The maximum Gasteiger partial charge on any atom is 0.410 e. The van der Waals surface area contributed by atoms with E-state index in [0.717, 1.165) is 62.3 Å².